The van der Waals surface area contributed by atoms with Crippen molar-refractivity contribution in [1.29, 1.82) is 0 Å². The number of ether oxygens (including phenoxy) is 2. The summed E-state index contributed by atoms with van der Waals surface area (Å²) in [5.41, 5.74) is 3.59. The van der Waals surface area contributed by atoms with Gasteiger partial charge in [-0.15, -0.1) is 0 Å². The van der Waals surface area contributed by atoms with Crippen LogP contribution in [0.25, 0.3) is 0 Å². The fourth-order valence-electron chi connectivity index (χ4n) is 3.16. The average Bonchev–Trinajstić information content (AvgIpc) is 2.85. The Morgan fingerprint density at radius 3 is 2.20 bits per heavy atom. The first-order valence-electron chi connectivity index (χ1n) is 10.3. The predicted molar refractivity (Wildman–Crippen MR) is 136 cm³/mol. The number of methoxy groups -OCH3 is 2. The van der Waals surface area contributed by atoms with E-state index >= 15 is 0 Å². The van der Waals surface area contributed by atoms with Gasteiger partial charge < -0.3 is 9.47 Å². The third kappa shape index (κ3) is 6.95. The molecule has 0 aliphatic rings. The third-order valence-corrected chi connectivity index (χ3v) is 7.18. The van der Waals surface area contributed by atoms with Crippen LogP contribution in [0.5, 0.6) is 11.5 Å². The fraction of sp³-hybridized carbons (Fsp3) is 0.167. The largest absolute Gasteiger partial charge is 0.493 e. The van der Waals surface area contributed by atoms with Gasteiger partial charge in [-0.1, -0.05) is 41.4 Å². The number of carbonyl (C=O) groups is 1. The van der Waals surface area contributed by atoms with Crippen LogP contribution in [0.3, 0.4) is 0 Å². The van der Waals surface area contributed by atoms with Crippen molar-refractivity contribution in [3.8, 4) is 11.5 Å². The number of hydrogen-bond acceptors (Lipinski definition) is 6. The van der Waals surface area contributed by atoms with Crippen LogP contribution in [0.2, 0.25) is 10.0 Å². The predicted octanol–water partition coefficient (Wildman–Crippen LogP) is 4.35. The monoisotopic (exact) mass is 535 g/mol. The number of para-hydroxylation sites is 1. The van der Waals surface area contributed by atoms with Crippen molar-refractivity contribution < 1.29 is 22.7 Å². The summed E-state index contributed by atoms with van der Waals surface area (Å²) in [6, 6.07) is 17.6. The minimum atomic E-state index is -4.03. The Labute approximate surface area is 214 Å². The molecule has 0 fully saturated rings. The molecule has 3 aromatic rings. The summed E-state index contributed by atoms with van der Waals surface area (Å²) >= 11 is 11.8. The van der Waals surface area contributed by atoms with Gasteiger partial charge in [0.25, 0.3) is 5.91 Å². The third-order valence-electron chi connectivity index (χ3n) is 4.87. The molecule has 11 heteroatoms. The number of nitrogens with one attached hydrogen (secondary N) is 1. The SMILES string of the molecule is COc1cccc(/C=N\NC(=O)CN(Cc2ccc(Cl)cc2)S(=O)(=O)c2ccc(Cl)cc2)c1OC. The van der Waals surface area contributed by atoms with Crippen LogP contribution in [-0.4, -0.2) is 45.6 Å². The Bertz CT molecular complexity index is 1300. The summed E-state index contributed by atoms with van der Waals surface area (Å²) in [5, 5.41) is 4.86. The van der Waals surface area contributed by atoms with Gasteiger partial charge >= 0.3 is 0 Å². The van der Waals surface area contributed by atoms with E-state index in [1.54, 1.807) is 42.5 Å². The van der Waals surface area contributed by atoms with Crippen molar-refractivity contribution in [3.05, 3.63) is 87.9 Å². The molecule has 0 bridgehead atoms. The van der Waals surface area contributed by atoms with E-state index in [1.807, 2.05) is 0 Å². The molecule has 1 N–H and O–H groups in total. The number of hydrazone groups is 1. The van der Waals surface area contributed by atoms with E-state index in [2.05, 4.69) is 10.5 Å². The van der Waals surface area contributed by atoms with Gasteiger partial charge in [0.2, 0.25) is 10.0 Å². The van der Waals surface area contributed by atoms with Crippen molar-refractivity contribution in [2.45, 2.75) is 11.4 Å². The van der Waals surface area contributed by atoms with Gasteiger partial charge in [0, 0.05) is 22.2 Å². The Morgan fingerprint density at radius 2 is 1.60 bits per heavy atom. The fourth-order valence-corrected chi connectivity index (χ4v) is 4.79. The zero-order chi connectivity index (χ0) is 25.4. The topological polar surface area (TPSA) is 97.3 Å². The lowest BCUT2D eigenvalue weighted by Crippen LogP contribution is -2.39. The van der Waals surface area contributed by atoms with Crippen molar-refractivity contribution >= 4 is 45.3 Å². The van der Waals surface area contributed by atoms with Crippen LogP contribution < -0.4 is 14.9 Å². The van der Waals surface area contributed by atoms with E-state index in [0.29, 0.717) is 32.7 Å². The molecule has 184 valence electrons. The molecular formula is C24H23Cl2N3O5S. The van der Waals surface area contributed by atoms with Crippen LogP contribution in [0, 0.1) is 0 Å². The summed E-state index contributed by atoms with van der Waals surface area (Å²) in [5.74, 6) is 0.322. The summed E-state index contributed by atoms with van der Waals surface area (Å²) < 4.78 is 38.2. The number of halogens is 2. The van der Waals surface area contributed by atoms with E-state index in [-0.39, 0.29) is 11.4 Å². The normalized spacial score (nSPS) is 11.6. The molecule has 0 saturated carbocycles. The maximum atomic E-state index is 13.3. The van der Waals surface area contributed by atoms with Crippen molar-refractivity contribution in [2.24, 2.45) is 5.10 Å². The lowest BCUT2D eigenvalue weighted by molar-refractivity contribution is -0.121. The van der Waals surface area contributed by atoms with Gasteiger partial charge in [0.05, 0.1) is 31.9 Å². The molecular weight excluding hydrogens is 513 g/mol. The second kappa shape index (κ2) is 12.0. The number of sulfonamides is 1. The average molecular weight is 536 g/mol. The van der Waals surface area contributed by atoms with E-state index in [1.165, 1.54) is 44.7 Å². The number of rotatable bonds is 10. The number of hydrogen-bond donors (Lipinski definition) is 1. The number of benzene rings is 3. The Kier molecular flexibility index (Phi) is 9.11. The first-order chi connectivity index (χ1) is 16.7. The highest BCUT2D eigenvalue weighted by molar-refractivity contribution is 7.89. The molecule has 0 aromatic heterocycles. The summed E-state index contributed by atoms with van der Waals surface area (Å²) in [7, 11) is -1.02. The maximum Gasteiger partial charge on any atom is 0.255 e. The molecule has 3 aromatic carbocycles. The van der Waals surface area contributed by atoms with Crippen molar-refractivity contribution in [2.75, 3.05) is 20.8 Å². The van der Waals surface area contributed by atoms with Gasteiger partial charge in [-0.3, -0.25) is 4.79 Å². The van der Waals surface area contributed by atoms with Gasteiger partial charge in [-0.25, -0.2) is 13.8 Å². The molecule has 0 radical (unpaired) electrons. The lowest BCUT2D eigenvalue weighted by atomic mass is 10.2. The minimum absolute atomic E-state index is 0.00767. The molecule has 0 atom stereocenters. The van der Waals surface area contributed by atoms with Crippen LogP contribution in [-0.2, 0) is 21.4 Å². The van der Waals surface area contributed by atoms with E-state index in [9.17, 15) is 13.2 Å². The van der Waals surface area contributed by atoms with Gasteiger partial charge in [0.15, 0.2) is 11.5 Å². The number of nitrogens with zero attached hydrogens (tertiary/aromatic N) is 2. The Morgan fingerprint density at radius 1 is 0.971 bits per heavy atom. The molecule has 0 saturated heterocycles. The maximum absolute atomic E-state index is 13.3. The molecule has 3 rings (SSSR count). The van der Waals surface area contributed by atoms with Crippen LogP contribution in [0.15, 0.2) is 76.7 Å². The van der Waals surface area contributed by atoms with Crippen molar-refractivity contribution in [3.63, 3.8) is 0 Å². The molecule has 8 nitrogen and oxygen atoms in total. The Balaban J connectivity index is 1.80. The molecule has 35 heavy (non-hydrogen) atoms. The first kappa shape index (κ1) is 26.5. The zero-order valence-corrected chi connectivity index (χ0v) is 21.3. The van der Waals surface area contributed by atoms with E-state index < -0.39 is 22.5 Å². The molecule has 0 unspecified atom stereocenters. The highest BCUT2D eigenvalue weighted by atomic mass is 35.5. The summed E-state index contributed by atoms with van der Waals surface area (Å²) in [4.78, 5) is 12.7. The van der Waals surface area contributed by atoms with E-state index in [4.69, 9.17) is 32.7 Å². The quantitative estimate of drug-likeness (QED) is 0.307. The smallest absolute Gasteiger partial charge is 0.255 e. The second-order valence-electron chi connectivity index (χ2n) is 7.23. The molecule has 0 spiro atoms. The molecule has 1 amide bonds. The minimum Gasteiger partial charge on any atom is -0.493 e. The van der Waals surface area contributed by atoms with Crippen LogP contribution >= 0.6 is 23.2 Å². The highest BCUT2D eigenvalue weighted by Gasteiger charge is 2.27. The van der Waals surface area contributed by atoms with Gasteiger partial charge in [-0.2, -0.15) is 9.41 Å². The zero-order valence-electron chi connectivity index (χ0n) is 18.9. The lowest BCUT2D eigenvalue weighted by Gasteiger charge is -2.21. The molecule has 0 aliphatic carbocycles. The van der Waals surface area contributed by atoms with Gasteiger partial charge in [-0.05, 0) is 54.1 Å². The summed E-state index contributed by atoms with van der Waals surface area (Å²) in [6.45, 7) is -0.525. The molecule has 0 aliphatic heterocycles. The number of carbonyl (C=O) groups excluding carboxylic acids is 1. The van der Waals surface area contributed by atoms with Crippen LogP contribution in [0.4, 0.5) is 0 Å². The van der Waals surface area contributed by atoms with E-state index in [0.717, 1.165) is 4.31 Å². The van der Waals surface area contributed by atoms with Crippen molar-refractivity contribution in [1.82, 2.24) is 9.73 Å². The second-order valence-corrected chi connectivity index (χ2v) is 10.0. The van der Waals surface area contributed by atoms with Crippen LogP contribution in [0.1, 0.15) is 11.1 Å². The molecule has 0 heterocycles. The Hall–Kier alpha value is -3.11. The number of amides is 1. The standard InChI is InChI=1S/C24H23Cl2N3O5S/c1-33-22-5-3-4-18(24(22)34-2)14-27-28-23(30)16-29(15-17-6-8-19(25)9-7-17)35(31,32)21-12-10-20(26)11-13-21/h3-14H,15-16H2,1-2H3,(H,28,30)/b27-14-. The van der Waals surface area contributed by atoms with Gasteiger partial charge in [0.1, 0.15) is 0 Å². The highest BCUT2D eigenvalue weighted by Crippen LogP contribution is 2.29. The summed E-state index contributed by atoms with van der Waals surface area (Å²) in [6.07, 6.45) is 1.39. The first-order valence-corrected chi connectivity index (χ1v) is 12.5.